The molecule has 2 saturated carbocycles. The molecule has 0 aromatic heterocycles. The molecule has 3 fully saturated rings. The smallest absolute Gasteiger partial charge is 0.269 e. The van der Waals surface area contributed by atoms with Gasteiger partial charge in [-0.3, -0.25) is 19.7 Å². The first-order valence-corrected chi connectivity index (χ1v) is 8.41. The normalized spacial score (nSPS) is 37.5. The molecule has 1 aromatic rings. The third-order valence-electron chi connectivity index (χ3n) is 6.07. The van der Waals surface area contributed by atoms with Crippen LogP contribution >= 0.6 is 0 Å². The van der Waals surface area contributed by atoms with Gasteiger partial charge in [-0.25, -0.2) is 0 Å². The number of nitro groups is 1. The van der Waals surface area contributed by atoms with E-state index < -0.39 is 4.92 Å². The number of carbonyl (C=O) groups is 2. The quantitative estimate of drug-likeness (QED) is 0.277. The maximum atomic E-state index is 12.7. The molecule has 4 aliphatic carbocycles. The summed E-state index contributed by atoms with van der Waals surface area (Å²) in [5.41, 5.74) is 0.586. The Kier molecular flexibility index (Phi) is 2.81. The lowest BCUT2D eigenvalue weighted by Gasteiger charge is -2.37. The molecular formula is C18H15N3O4. The summed E-state index contributed by atoms with van der Waals surface area (Å²) in [7, 11) is 0. The highest BCUT2D eigenvalue weighted by Gasteiger charge is 2.67. The van der Waals surface area contributed by atoms with Crippen molar-refractivity contribution in [3.05, 3.63) is 52.1 Å². The Morgan fingerprint density at radius 1 is 1.04 bits per heavy atom. The fourth-order valence-electron chi connectivity index (χ4n) is 4.86. The molecule has 1 aliphatic heterocycles. The van der Waals surface area contributed by atoms with Crippen LogP contribution < -0.4 is 0 Å². The van der Waals surface area contributed by atoms with Crippen LogP contribution in [0.15, 0.2) is 41.5 Å². The lowest BCUT2D eigenvalue weighted by molar-refractivity contribution is -0.384. The summed E-state index contributed by atoms with van der Waals surface area (Å²) in [5, 5.41) is 15.8. The number of nitrogens with zero attached hydrogens (tertiary/aromatic N) is 3. The topological polar surface area (TPSA) is 92.9 Å². The van der Waals surface area contributed by atoms with E-state index in [-0.39, 0.29) is 41.2 Å². The van der Waals surface area contributed by atoms with Crippen molar-refractivity contribution < 1.29 is 14.5 Å². The van der Waals surface area contributed by atoms with Gasteiger partial charge in [0.15, 0.2) is 0 Å². The Labute approximate surface area is 143 Å². The number of hydrogen-bond acceptors (Lipinski definition) is 5. The summed E-state index contributed by atoms with van der Waals surface area (Å²) >= 11 is 0. The molecule has 6 rings (SSSR count). The second-order valence-corrected chi connectivity index (χ2v) is 7.24. The van der Waals surface area contributed by atoms with Gasteiger partial charge >= 0.3 is 0 Å². The zero-order valence-electron chi connectivity index (χ0n) is 13.2. The number of nitro benzene ring substituents is 1. The van der Waals surface area contributed by atoms with Crippen LogP contribution in [0.2, 0.25) is 0 Å². The highest BCUT2D eigenvalue weighted by atomic mass is 16.6. The number of hydrazone groups is 1. The molecule has 7 nitrogen and oxygen atoms in total. The van der Waals surface area contributed by atoms with Crippen molar-refractivity contribution in [3.8, 4) is 0 Å². The summed E-state index contributed by atoms with van der Waals surface area (Å²) in [6, 6.07) is 5.82. The Hall–Kier alpha value is -2.83. The van der Waals surface area contributed by atoms with Gasteiger partial charge in [0.2, 0.25) is 0 Å². The van der Waals surface area contributed by atoms with Crippen LogP contribution in [0.25, 0.3) is 0 Å². The van der Waals surface area contributed by atoms with Crippen molar-refractivity contribution in [2.75, 3.05) is 0 Å². The molecule has 1 heterocycles. The highest BCUT2D eigenvalue weighted by molar-refractivity contribution is 6.06. The van der Waals surface area contributed by atoms with Gasteiger partial charge in [0.1, 0.15) is 0 Å². The van der Waals surface area contributed by atoms with Crippen molar-refractivity contribution in [1.29, 1.82) is 0 Å². The molecule has 0 N–H and O–H groups in total. The Morgan fingerprint density at radius 2 is 1.60 bits per heavy atom. The van der Waals surface area contributed by atoms with E-state index in [1.54, 1.807) is 12.1 Å². The fraction of sp³-hybridized carbons (Fsp3) is 0.389. The number of carbonyl (C=O) groups excluding carboxylic acids is 2. The first-order valence-electron chi connectivity index (χ1n) is 8.41. The van der Waals surface area contributed by atoms with Crippen molar-refractivity contribution in [2.24, 2.45) is 40.6 Å². The molecule has 0 spiro atoms. The monoisotopic (exact) mass is 337 g/mol. The minimum Gasteiger partial charge on any atom is -0.272 e. The van der Waals surface area contributed by atoms with Gasteiger partial charge in [-0.1, -0.05) is 12.2 Å². The molecule has 6 atom stereocenters. The number of benzene rings is 1. The Balaban J connectivity index is 1.39. The van der Waals surface area contributed by atoms with E-state index in [4.69, 9.17) is 0 Å². The van der Waals surface area contributed by atoms with Gasteiger partial charge in [0, 0.05) is 12.1 Å². The zero-order chi connectivity index (χ0) is 17.3. The average molecular weight is 337 g/mol. The number of non-ortho nitro benzene ring substituents is 1. The third kappa shape index (κ3) is 1.95. The van der Waals surface area contributed by atoms with Gasteiger partial charge < -0.3 is 0 Å². The molecule has 2 amide bonds. The number of rotatable bonds is 3. The summed E-state index contributed by atoms with van der Waals surface area (Å²) < 4.78 is 0. The highest BCUT2D eigenvalue weighted by Crippen LogP contribution is 2.65. The van der Waals surface area contributed by atoms with Crippen LogP contribution in [0.4, 0.5) is 5.69 Å². The molecule has 0 radical (unpaired) electrons. The van der Waals surface area contributed by atoms with Crippen LogP contribution in [0.3, 0.4) is 0 Å². The van der Waals surface area contributed by atoms with Crippen LogP contribution in [0.5, 0.6) is 0 Å². The van der Waals surface area contributed by atoms with E-state index in [1.165, 1.54) is 18.3 Å². The molecule has 25 heavy (non-hydrogen) atoms. The summed E-state index contributed by atoms with van der Waals surface area (Å²) in [4.78, 5) is 35.7. The van der Waals surface area contributed by atoms with Gasteiger partial charge in [0.25, 0.3) is 17.5 Å². The molecule has 126 valence electrons. The van der Waals surface area contributed by atoms with Crippen LogP contribution in [0.1, 0.15) is 12.0 Å². The zero-order valence-corrected chi connectivity index (χ0v) is 13.2. The first-order chi connectivity index (χ1) is 12.1. The minimum atomic E-state index is -0.479. The standard InChI is InChI=1S/C18H15N3O4/c22-17-15-11-5-6-12(14-7-13(11)14)16(15)18(23)20(17)19-8-9-1-3-10(4-2-9)21(24)25/h1-6,8,11-16H,7H2/b19-8-/t11-,12-,13-,14-,15+,16+/m0/s1. The predicted molar refractivity (Wildman–Crippen MR) is 87.2 cm³/mol. The molecular weight excluding hydrogens is 322 g/mol. The summed E-state index contributed by atoms with van der Waals surface area (Å²) in [6.45, 7) is 0. The van der Waals surface area contributed by atoms with Crippen LogP contribution in [-0.4, -0.2) is 28.0 Å². The summed E-state index contributed by atoms with van der Waals surface area (Å²) in [6.07, 6.45) is 6.78. The van der Waals surface area contributed by atoms with Gasteiger partial charge in [-0.15, -0.1) is 0 Å². The fourth-order valence-corrected chi connectivity index (χ4v) is 4.86. The SMILES string of the molecule is O=C1[C@@H]2[C@H]3C=C[C@@H]([C@@H]4C[C@@H]34)[C@H]2C(=O)N1/N=C\c1ccc([N+](=O)[O-])cc1. The largest absolute Gasteiger partial charge is 0.272 e. The van der Waals surface area contributed by atoms with E-state index in [1.807, 2.05) is 0 Å². The number of hydrogen-bond donors (Lipinski definition) is 0. The number of imide groups is 1. The summed E-state index contributed by atoms with van der Waals surface area (Å²) in [5.74, 6) is 0.529. The third-order valence-corrected chi connectivity index (χ3v) is 6.07. The van der Waals surface area contributed by atoms with E-state index in [0.29, 0.717) is 17.4 Å². The molecule has 2 bridgehead atoms. The van der Waals surface area contributed by atoms with Crippen molar-refractivity contribution in [1.82, 2.24) is 5.01 Å². The molecule has 5 aliphatic rings. The maximum absolute atomic E-state index is 12.7. The predicted octanol–water partition coefficient (Wildman–Crippen LogP) is 1.98. The second-order valence-electron chi connectivity index (χ2n) is 7.24. The maximum Gasteiger partial charge on any atom is 0.269 e. The van der Waals surface area contributed by atoms with E-state index in [2.05, 4.69) is 17.3 Å². The van der Waals surface area contributed by atoms with Gasteiger partial charge in [-0.2, -0.15) is 10.1 Å². The van der Waals surface area contributed by atoms with E-state index in [0.717, 1.165) is 11.4 Å². The molecule has 0 unspecified atom stereocenters. The minimum absolute atomic E-state index is 0.0154. The number of amides is 2. The first kappa shape index (κ1) is 14.5. The van der Waals surface area contributed by atoms with Crippen molar-refractivity contribution in [2.45, 2.75) is 6.42 Å². The van der Waals surface area contributed by atoms with Crippen molar-refractivity contribution >= 4 is 23.7 Å². The lowest BCUT2D eigenvalue weighted by atomic mass is 9.63. The van der Waals surface area contributed by atoms with E-state index >= 15 is 0 Å². The van der Waals surface area contributed by atoms with Crippen molar-refractivity contribution in [3.63, 3.8) is 0 Å². The Morgan fingerprint density at radius 3 is 2.12 bits per heavy atom. The molecule has 1 saturated heterocycles. The Bertz CT molecular complexity index is 824. The van der Waals surface area contributed by atoms with Crippen LogP contribution in [0, 0.1) is 45.6 Å². The number of allylic oxidation sites excluding steroid dienone is 2. The molecule has 7 heteroatoms. The van der Waals surface area contributed by atoms with Crippen LogP contribution in [-0.2, 0) is 9.59 Å². The molecule has 1 aromatic carbocycles. The van der Waals surface area contributed by atoms with Gasteiger partial charge in [-0.05, 0) is 47.8 Å². The lowest BCUT2D eigenvalue weighted by Crippen LogP contribution is -2.40. The second kappa shape index (κ2) is 4.84. The van der Waals surface area contributed by atoms with E-state index in [9.17, 15) is 19.7 Å². The average Bonchev–Trinajstić information content (AvgIpc) is 3.39. The van der Waals surface area contributed by atoms with Gasteiger partial charge in [0.05, 0.1) is 23.0 Å².